The Labute approximate surface area is 145 Å². The molecule has 0 spiro atoms. The number of hydrogen-bond donors (Lipinski definition) is 1. The lowest BCUT2D eigenvalue weighted by molar-refractivity contribution is -0.116. The molecule has 128 valence electrons. The van der Waals surface area contributed by atoms with Gasteiger partial charge in [0.1, 0.15) is 11.6 Å². The van der Waals surface area contributed by atoms with Gasteiger partial charge >= 0.3 is 0 Å². The van der Waals surface area contributed by atoms with Gasteiger partial charge in [-0.1, -0.05) is 12.1 Å². The molecule has 0 aliphatic rings. The molecule has 1 unspecified atom stereocenters. The Morgan fingerprint density at radius 3 is 2.32 bits per heavy atom. The van der Waals surface area contributed by atoms with E-state index in [1.165, 1.54) is 12.1 Å². The summed E-state index contributed by atoms with van der Waals surface area (Å²) >= 11 is 0. The van der Waals surface area contributed by atoms with Crippen LogP contribution in [0, 0.1) is 5.82 Å². The summed E-state index contributed by atoms with van der Waals surface area (Å²) in [4.78, 5) is 12.5. The van der Waals surface area contributed by atoms with Crippen molar-refractivity contribution < 1.29 is 13.9 Å². The van der Waals surface area contributed by atoms with Crippen LogP contribution in [0.1, 0.15) is 18.0 Å². The fourth-order valence-electron chi connectivity index (χ4n) is 2.70. The first-order valence-electron chi connectivity index (χ1n) is 7.97. The minimum absolute atomic E-state index is 0.138. The predicted octanol–water partition coefficient (Wildman–Crippen LogP) is 4.25. The van der Waals surface area contributed by atoms with Crippen LogP contribution in [0.25, 0.3) is 0 Å². The van der Waals surface area contributed by atoms with E-state index in [0.29, 0.717) is 5.69 Å². The highest BCUT2D eigenvalue weighted by molar-refractivity contribution is 5.91. The number of nitrogens with one attached hydrogen (secondary N) is 1. The number of hydrogen-bond acceptors (Lipinski definition) is 2. The smallest absolute Gasteiger partial charge is 0.226 e. The molecule has 0 saturated carbocycles. The normalized spacial score (nSPS) is 11.8. The van der Waals surface area contributed by atoms with Crippen LogP contribution in [0.4, 0.5) is 10.1 Å². The molecule has 1 heterocycles. The van der Waals surface area contributed by atoms with Crippen LogP contribution in [0.15, 0.2) is 73.1 Å². The van der Waals surface area contributed by atoms with Gasteiger partial charge < -0.3 is 14.6 Å². The molecule has 1 amide bonds. The molecule has 0 aliphatic carbocycles. The molecule has 1 atom stereocenters. The van der Waals surface area contributed by atoms with E-state index in [0.717, 1.165) is 11.3 Å². The zero-order valence-corrected chi connectivity index (χ0v) is 13.9. The van der Waals surface area contributed by atoms with Gasteiger partial charge in [-0.15, -0.1) is 0 Å². The van der Waals surface area contributed by atoms with Crippen molar-refractivity contribution in [3.05, 3.63) is 84.4 Å². The average Bonchev–Trinajstić information content (AvgIpc) is 3.16. The fraction of sp³-hybridized carbons (Fsp3) is 0.150. The molecular formula is C20H19FN2O2. The Morgan fingerprint density at radius 1 is 1.08 bits per heavy atom. The highest BCUT2D eigenvalue weighted by Crippen LogP contribution is 2.25. The highest BCUT2D eigenvalue weighted by atomic mass is 19.1. The van der Waals surface area contributed by atoms with Gasteiger partial charge in [0.05, 0.1) is 19.6 Å². The summed E-state index contributed by atoms with van der Waals surface area (Å²) in [5, 5.41) is 2.81. The molecule has 1 aromatic heterocycles. The average molecular weight is 338 g/mol. The van der Waals surface area contributed by atoms with E-state index in [1.807, 2.05) is 53.4 Å². The number of carbonyl (C=O) groups is 1. The first kappa shape index (κ1) is 16.8. The van der Waals surface area contributed by atoms with Crippen molar-refractivity contribution in [2.45, 2.75) is 12.5 Å². The number of ether oxygens (including phenoxy) is 1. The van der Waals surface area contributed by atoms with E-state index in [2.05, 4.69) is 5.32 Å². The van der Waals surface area contributed by atoms with Gasteiger partial charge in [-0.25, -0.2) is 4.39 Å². The Bertz CT molecular complexity index is 812. The topological polar surface area (TPSA) is 43.3 Å². The lowest BCUT2D eigenvalue weighted by Gasteiger charge is -2.19. The van der Waals surface area contributed by atoms with Crippen LogP contribution in [0.5, 0.6) is 5.75 Å². The third kappa shape index (κ3) is 4.26. The second-order valence-electron chi connectivity index (χ2n) is 5.68. The number of aromatic nitrogens is 1. The van der Waals surface area contributed by atoms with Crippen molar-refractivity contribution in [1.82, 2.24) is 4.57 Å². The summed E-state index contributed by atoms with van der Waals surface area (Å²) in [6.45, 7) is 0. The van der Waals surface area contributed by atoms with Gasteiger partial charge in [-0.2, -0.15) is 0 Å². The summed E-state index contributed by atoms with van der Waals surface area (Å²) in [7, 11) is 1.62. The van der Waals surface area contributed by atoms with Crippen molar-refractivity contribution in [3.8, 4) is 5.75 Å². The number of nitrogens with zero attached hydrogens (tertiary/aromatic N) is 1. The van der Waals surface area contributed by atoms with Crippen molar-refractivity contribution in [2.75, 3.05) is 12.4 Å². The predicted molar refractivity (Wildman–Crippen MR) is 95.2 cm³/mol. The van der Waals surface area contributed by atoms with Gasteiger partial charge in [0.2, 0.25) is 5.91 Å². The molecular weight excluding hydrogens is 319 g/mol. The Morgan fingerprint density at radius 2 is 1.72 bits per heavy atom. The zero-order chi connectivity index (χ0) is 17.6. The quantitative estimate of drug-likeness (QED) is 0.730. The number of amides is 1. The number of halogens is 1. The summed E-state index contributed by atoms with van der Waals surface area (Å²) in [5.74, 6) is 0.299. The summed E-state index contributed by atoms with van der Waals surface area (Å²) in [5.41, 5.74) is 1.58. The summed E-state index contributed by atoms with van der Waals surface area (Å²) in [6.07, 6.45) is 4.12. The zero-order valence-electron chi connectivity index (χ0n) is 13.9. The number of anilines is 1. The summed E-state index contributed by atoms with van der Waals surface area (Å²) in [6, 6.07) is 17.1. The highest BCUT2D eigenvalue weighted by Gasteiger charge is 2.17. The summed E-state index contributed by atoms with van der Waals surface area (Å²) < 4.78 is 20.2. The van der Waals surface area contributed by atoms with Crippen molar-refractivity contribution >= 4 is 11.6 Å². The van der Waals surface area contributed by atoms with E-state index in [1.54, 1.807) is 19.2 Å². The number of rotatable bonds is 6. The maximum absolute atomic E-state index is 13.0. The first-order valence-corrected chi connectivity index (χ1v) is 7.97. The minimum Gasteiger partial charge on any atom is -0.497 e. The molecule has 5 heteroatoms. The minimum atomic E-state index is -0.332. The van der Waals surface area contributed by atoms with E-state index >= 15 is 0 Å². The lowest BCUT2D eigenvalue weighted by Crippen LogP contribution is -2.19. The van der Waals surface area contributed by atoms with Gasteiger partial charge in [0, 0.05) is 18.1 Å². The third-order valence-electron chi connectivity index (χ3n) is 3.99. The van der Waals surface area contributed by atoms with Crippen molar-refractivity contribution in [2.24, 2.45) is 0 Å². The van der Waals surface area contributed by atoms with Crippen LogP contribution >= 0.6 is 0 Å². The van der Waals surface area contributed by atoms with Gasteiger partial charge in [0.25, 0.3) is 0 Å². The molecule has 25 heavy (non-hydrogen) atoms. The largest absolute Gasteiger partial charge is 0.497 e. The standard InChI is InChI=1S/C20H19FN2O2/c1-25-18-10-4-15(5-11-18)19(23-12-2-3-13-23)14-20(24)22-17-8-6-16(21)7-9-17/h2-13,19H,14H2,1H3,(H,22,24). The molecule has 1 N–H and O–H groups in total. The monoisotopic (exact) mass is 338 g/mol. The van der Waals surface area contributed by atoms with E-state index in [9.17, 15) is 9.18 Å². The molecule has 3 aromatic rings. The molecule has 3 rings (SSSR count). The fourth-order valence-corrected chi connectivity index (χ4v) is 2.70. The Hall–Kier alpha value is -3.08. The molecule has 0 bridgehead atoms. The first-order chi connectivity index (χ1) is 12.2. The number of methoxy groups -OCH3 is 1. The van der Waals surface area contributed by atoms with Crippen LogP contribution in [-0.2, 0) is 4.79 Å². The SMILES string of the molecule is COc1ccc(C(CC(=O)Nc2ccc(F)cc2)n2cccc2)cc1. The van der Waals surface area contributed by atoms with Crippen LogP contribution < -0.4 is 10.1 Å². The number of benzene rings is 2. The van der Waals surface area contributed by atoms with E-state index in [4.69, 9.17) is 4.74 Å². The maximum atomic E-state index is 13.0. The lowest BCUT2D eigenvalue weighted by atomic mass is 10.0. The molecule has 4 nitrogen and oxygen atoms in total. The Balaban J connectivity index is 1.77. The molecule has 0 saturated heterocycles. The van der Waals surface area contributed by atoms with Crippen LogP contribution in [-0.4, -0.2) is 17.6 Å². The third-order valence-corrected chi connectivity index (χ3v) is 3.99. The molecule has 0 radical (unpaired) electrons. The second kappa shape index (κ2) is 7.66. The van der Waals surface area contributed by atoms with Crippen molar-refractivity contribution in [3.63, 3.8) is 0 Å². The van der Waals surface area contributed by atoms with Gasteiger partial charge in [-0.05, 0) is 54.1 Å². The molecule has 2 aromatic carbocycles. The van der Waals surface area contributed by atoms with Crippen LogP contribution in [0.2, 0.25) is 0 Å². The molecule has 0 fully saturated rings. The Kier molecular flexibility index (Phi) is 5.14. The van der Waals surface area contributed by atoms with Gasteiger partial charge in [-0.3, -0.25) is 4.79 Å². The van der Waals surface area contributed by atoms with Crippen LogP contribution in [0.3, 0.4) is 0 Å². The van der Waals surface area contributed by atoms with Gasteiger partial charge in [0.15, 0.2) is 0 Å². The van der Waals surface area contributed by atoms with Crippen molar-refractivity contribution in [1.29, 1.82) is 0 Å². The second-order valence-corrected chi connectivity index (χ2v) is 5.68. The van der Waals surface area contributed by atoms with E-state index < -0.39 is 0 Å². The number of carbonyl (C=O) groups excluding carboxylic acids is 1. The molecule has 0 aliphatic heterocycles. The maximum Gasteiger partial charge on any atom is 0.226 e. The van der Waals surface area contributed by atoms with E-state index in [-0.39, 0.29) is 24.2 Å².